The quantitative estimate of drug-likeness (QED) is 0.585. The number of pyridine rings is 2. The van der Waals surface area contributed by atoms with Crippen molar-refractivity contribution in [1.82, 2.24) is 9.97 Å². The Hall–Kier alpha value is -2.44. The molecule has 0 unspecified atom stereocenters. The van der Waals surface area contributed by atoms with Crippen molar-refractivity contribution in [3.05, 3.63) is 76.1 Å². The fourth-order valence-electron chi connectivity index (χ4n) is 2.29. The molecule has 0 saturated heterocycles. The van der Waals surface area contributed by atoms with E-state index in [4.69, 9.17) is 11.6 Å². The number of hydrogen-bond donors (Lipinski definition) is 1. The highest BCUT2D eigenvalue weighted by atomic mass is 79.9. The van der Waals surface area contributed by atoms with E-state index < -0.39 is 0 Å². The van der Waals surface area contributed by atoms with E-state index in [1.54, 1.807) is 42.9 Å². The molecule has 1 N–H and O–H groups in total. The molecular weight excluding hydrogens is 404 g/mol. The van der Waals surface area contributed by atoms with E-state index >= 15 is 0 Å². The summed E-state index contributed by atoms with van der Waals surface area (Å²) in [6, 6.07) is 12.7. The number of aromatic nitrogens is 2. The molecule has 7 heteroatoms. The molecule has 1 aromatic carbocycles. The van der Waals surface area contributed by atoms with Gasteiger partial charge in [0.15, 0.2) is 5.82 Å². The van der Waals surface area contributed by atoms with Crippen molar-refractivity contribution >= 4 is 51.1 Å². The van der Waals surface area contributed by atoms with Crippen molar-refractivity contribution in [2.75, 3.05) is 10.2 Å². The van der Waals surface area contributed by atoms with Crippen molar-refractivity contribution in [3.8, 4) is 0 Å². The van der Waals surface area contributed by atoms with Crippen molar-refractivity contribution < 1.29 is 4.79 Å². The van der Waals surface area contributed by atoms with Crippen molar-refractivity contribution in [2.24, 2.45) is 0 Å². The van der Waals surface area contributed by atoms with Crippen molar-refractivity contribution in [2.45, 2.75) is 6.54 Å². The van der Waals surface area contributed by atoms with Gasteiger partial charge in [-0.15, -0.1) is 0 Å². The van der Waals surface area contributed by atoms with Crippen molar-refractivity contribution in [3.63, 3.8) is 0 Å². The average Bonchev–Trinajstić information content (AvgIpc) is 2.64. The highest BCUT2D eigenvalue weighted by Gasteiger charge is 2.15. The maximum atomic E-state index is 11.7. The molecule has 0 atom stereocenters. The van der Waals surface area contributed by atoms with Gasteiger partial charge in [0.05, 0.1) is 5.69 Å². The Morgan fingerprint density at radius 3 is 2.56 bits per heavy atom. The third-order valence-electron chi connectivity index (χ3n) is 3.51. The average molecular weight is 418 g/mol. The Kier molecular flexibility index (Phi) is 5.63. The summed E-state index contributed by atoms with van der Waals surface area (Å²) < 4.78 is 0.776. The standard InChI is InChI=1S/C18H14BrClN4O/c19-14-9-17(24(12-25)16-3-1-15(20)2-4-16)18(23-11-14)22-10-13-5-7-21-8-6-13/h1-9,11-12H,10H2,(H,22,23). The molecule has 0 aliphatic rings. The van der Waals surface area contributed by atoms with Gasteiger partial charge in [-0.1, -0.05) is 11.6 Å². The molecule has 126 valence electrons. The molecule has 0 spiro atoms. The van der Waals surface area contributed by atoms with Gasteiger partial charge in [0.25, 0.3) is 0 Å². The molecule has 0 fully saturated rings. The molecule has 0 saturated carbocycles. The first kappa shape index (κ1) is 17.4. The van der Waals surface area contributed by atoms with Crippen LogP contribution in [-0.4, -0.2) is 16.4 Å². The summed E-state index contributed by atoms with van der Waals surface area (Å²) >= 11 is 9.35. The molecule has 0 radical (unpaired) electrons. The number of hydrogen-bond acceptors (Lipinski definition) is 4. The van der Waals surface area contributed by atoms with E-state index in [1.807, 2.05) is 18.2 Å². The molecule has 5 nitrogen and oxygen atoms in total. The molecule has 3 rings (SSSR count). The summed E-state index contributed by atoms with van der Waals surface area (Å²) in [5.41, 5.74) is 2.40. The summed E-state index contributed by atoms with van der Waals surface area (Å²) in [6.45, 7) is 0.567. The number of halogens is 2. The third-order valence-corrected chi connectivity index (χ3v) is 4.20. The second-order valence-electron chi connectivity index (χ2n) is 5.18. The maximum absolute atomic E-state index is 11.7. The zero-order valence-corrected chi connectivity index (χ0v) is 15.4. The van der Waals surface area contributed by atoms with Gasteiger partial charge >= 0.3 is 0 Å². The Labute approximate surface area is 158 Å². The fraction of sp³-hybridized carbons (Fsp3) is 0.0556. The lowest BCUT2D eigenvalue weighted by Gasteiger charge is -2.21. The smallest absolute Gasteiger partial charge is 0.218 e. The van der Waals surface area contributed by atoms with Crippen LogP contribution in [0, 0.1) is 0 Å². The normalized spacial score (nSPS) is 10.3. The summed E-state index contributed by atoms with van der Waals surface area (Å²) in [4.78, 5) is 21.7. The second kappa shape index (κ2) is 8.09. The van der Waals surface area contributed by atoms with E-state index in [1.165, 1.54) is 4.90 Å². The number of rotatable bonds is 6. The Bertz CT molecular complexity index is 859. The monoisotopic (exact) mass is 416 g/mol. The number of carbonyl (C=O) groups excluding carboxylic acids is 1. The van der Waals surface area contributed by atoms with Crippen LogP contribution in [0.25, 0.3) is 0 Å². The number of nitrogens with one attached hydrogen (secondary N) is 1. The van der Waals surface area contributed by atoms with Crippen LogP contribution in [0.4, 0.5) is 17.2 Å². The molecular formula is C18H14BrClN4O. The lowest BCUT2D eigenvalue weighted by molar-refractivity contribution is -0.106. The fourth-order valence-corrected chi connectivity index (χ4v) is 2.74. The minimum absolute atomic E-state index is 0.567. The van der Waals surface area contributed by atoms with E-state index in [0.717, 1.165) is 16.4 Å². The topological polar surface area (TPSA) is 58.1 Å². The molecule has 25 heavy (non-hydrogen) atoms. The molecule has 3 aromatic rings. The Morgan fingerprint density at radius 2 is 1.88 bits per heavy atom. The summed E-state index contributed by atoms with van der Waals surface area (Å²) in [7, 11) is 0. The van der Waals surface area contributed by atoms with Crippen LogP contribution < -0.4 is 10.2 Å². The van der Waals surface area contributed by atoms with Crippen LogP contribution in [-0.2, 0) is 11.3 Å². The minimum atomic E-state index is 0.567. The molecule has 1 amide bonds. The van der Waals surface area contributed by atoms with E-state index in [0.29, 0.717) is 28.8 Å². The Balaban J connectivity index is 1.92. The van der Waals surface area contributed by atoms with Crippen molar-refractivity contribution in [1.29, 1.82) is 0 Å². The number of anilines is 3. The van der Waals surface area contributed by atoms with Gasteiger partial charge in [-0.2, -0.15) is 0 Å². The molecule has 0 aliphatic carbocycles. The first-order valence-electron chi connectivity index (χ1n) is 7.46. The van der Waals surface area contributed by atoms with Crippen LogP contribution in [0.1, 0.15) is 5.56 Å². The largest absolute Gasteiger partial charge is 0.364 e. The SMILES string of the molecule is O=CN(c1ccc(Cl)cc1)c1cc(Br)cnc1NCc1ccncc1. The predicted molar refractivity (Wildman–Crippen MR) is 103 cm³/mol. The molecule has 0 bridgehead atoms. The van der Waals surface area contributed by atoms with Gasteiger partial charge in [-0.3, -0.25) is 14.7 Å². The van der Waals surface area contributed by atoms with Crippen LogP contribution in [0.2, 0.25) is 5.02 Å². The molecule has 2 heterocycles. The van der Waals surface area contributed by atoms with Crippen LogP contribution in [0.3, 0.4) is 0 Å². The van der Waals surface area contributed by atoms with Gasteiger partial charge < -0.3 is 5.32 Å². The maximum Gasteiger partial charge on any atom is 0.218 e. The van der Waals surface area contributed by atoms with E-state index in [-0.39, 0.29) is 0 Å². The van der Waals surface area contributed by atoms with E-state index in [9.17, 15) is 4.79 Å². The first-order chi connectivity index (χ1) is 12.2. The van der Waals surface area contributed by atoms with Gasteiger partial charge in [-0.25, -0.2) is 4.98 Å². The number of amides is 1. The first-order valence-corrected chi connectivity index (χ1v) is 8.63. The van der Waals surface area contributed by atoms with Crippen LogP contribution in [0.15, 0.2) is 65.5 Å². The van der Waals surface area contributed by atoms with Gasteiger partial charge in [0, 0.05) is 40.3 Å². The van der Waals surface area contributed by atoms with E-state index in [2.05, 4.69) is 31.2 Å². The van der Waals surface area contributed by atoms with Crippen LogP contribution >= 0.6 is 27.5 Å². The van der Waals surface area contributed by atoms with Gasteiger partial charge in [0.1, 0.15) is 0 Å². The van der Waals surface area contributed by atoms with Crippen LogP contribution in [0.5, 0.6) is 0 Å². The zero-order valence-electron chi connectivity index (χ0n) is 13.1. The highest BCUT2D eigenvalue weighted by Crippen LogP contribution is 2.32. The van der Waals surface area contributed by atoms with Gasteiger partial charge in [0.2, 0.25) is 6.41 Å². The lowest BCUT2D eigenvalue weighted by Crippen LogP contribution is -2.17. The Morgan fingerprint density at radius 1 is 1.16 bits per heavy atom. The minimum Gasteiger partial charge on any atom is -0.364 e. The summed E-state index contributed by atoms with van der Waals surface area (Å²) in [6.07, 6.45) is 5.91. The molecule has 2 aromatic heterocycles. The summed E-state index contributed by atoms with van der Waals surface area (Å²) in [5, 5.41) is 3.88. The second-order valence-corrected chi connectivity index (χ2v) is 6.53. The summed E-state index contributed by atoms with van der Waals surface area (Å²) in [5.74, 6) is 0.599. The number of carbonyl (C=O) groups is 1. The highest BCUT2D eigenvalue weighted by molar-refractivity contribution is 9.10. The predicted octanol–water partition coefficient (Wildman–Crippen LogP) is 4.80. The third kappa shape index (κ3) is 4.35. The zero-order chi connectivity index (χ0) is 17.6. The van der Waals surface area contributed by atoms with Gasteiger partial charge in [-0.05, 0) is 64.0 Å². The number of benzene rings is 1. The molecule has 0 aliphatic heterocycles. The number of nitrogens with zero attached hydrogens (tertiary/aromatic N) is 3. The lowest BCUT2D eigenvalue weighted by atomic mass is 10.2.